The number of aliphatic carboxylic acids is 1. The average Bonchev–Trinajstić information content (AvgIpc) is 2.93. The molecule has 1 aliphatic carbocycles. The number of benzene rings is 3. The highest BCUT2D eigenvalue weighted by molar-refractivity contribution is 6.30. The Morgan fingerprint density at radius 3 is 2.29 bits per heavy atom. The van der Waals surface area contributed by atoms with E-state index in [1.165, 1.54) is 10.9 Å². The molecule has 0 saturated heterocycles. The van der Waals surface area contributed by atoms with Gasteiger partial charge in [-0.1, -0.05) is 54.1 Å². The highest BCUT2D eigenvalue weighted by Crippen LogP contribution is 2.41. The average molecular weight is 527 g/mol. The van der Waals surface area contributed by atoms with Crippen molar-refractivity contribution in [1.82, 2.24) is 4.98 Å². The summed E-state index contributed by atoms with van der Waals surface area (Å²) in [5, 5.41) is 14.0. The van der Waals surface area contributed by atoms with Crippen molar-refractivity contribution < 1.29 is 14.7 Å². The molecule has 1 aliphatic rings. The van der Waals surface area contributed by atoms with Crippen LogP contribution in [0.2, 0.25) is 5.02 Å². The Balaban J connectivity index is 1.33. The fourth-order valence-corrected chi connectivity index (χ4v) is 5.90. The van der Waals surface area contributed by atoms with Crippen LogP contribution in [0.5, 0.6) is 0 Å². The van der Waals surface area contributed by atoms with Crippen molar-refractivity contribution in [3.05, 3.63) is 107 Å². The van der Waals surface area contributed by atoms with Crippen molar-refractivity contribution in [2.45, 2.75) is 44.4 Å². The lowest BCUT2D eigenvalue weighted by atomic mass is 9.71. The summed E-state index contributed by atoms with van der Waals surface area (Å²) in [5.74, 6) is -0.317. The molecule has 0 bridgehead atoms. The number of hydrogen-bond acceptors (Lipinski definition) is 3. The molecule has 1 saturated carbocycles. The number of aromatic nitrogens is 1. The van der Waals surface area contributed by atoms with E-state index in [4.69, 9.17) is 16.7 Å². The summed E-state index contributed by atoms with van der Waals surface area (Å²) >= 11 is 6.03. The van der Waals surface area contributed by atoms with Crippen molar-refractivity contribution in [3.63, 3.8) is 0 Å². The molecule has 2 N–H and O–H groups in total. The predicted molar refractivity (Wildman–Crippen MR) is 151 cm³/mol. The second kappa shape index (κ2) is 11.8. The van der Waals surface area contributed by atoms with Crippen LogP contribution in [0, 0.1) is 11.8 Å². The van der Waals surface area contributed by atoms with E-state index >= 15 is 0 Å². The fourth-order valence-electron chi connectivity index (χ4n) is 5.77. The Labute approximate surface area is 227 Å². The van der Waals surface area contributed by atoms with Crippen LogP contribution >= 0.6 is 11.6 Å². The molecule has 194 valence electrons. The Bertz CT molecular complexity index is 1410. The topological polar surface area (TPSA) is 79.3 Å². The maximum Gasteiger partial charge on any atom is 0.307 e. The van der Waals surface area contributed by atoms with Gasteiger partial charge in [0.15, 0.2) is 0 Å². The lowest BCUT2D eigenvalue weighted by Gasteiger charge is -2.34. The quantitative estimate of drug-likeness (QED) is 0.253. The van der Waals surface area contributed by atoms with Gasteiger partial charge in [-0.25, -0.2) is 0 Å². The molecule has 1 heterocycles. The third-order valence-electron chi connectivity index (χ3n) is 7.75. The summed E-state index contributed by atoms with van der Waals surface area (Å²) in [6.45, 7) is 0. The van der Waals surface area contributed by atoms with Gasteiger partial charge in [0.25, 0.3) is 0 Å². The van der Waals surface area contributed by atoms with Crippen molar-refractivity contribution in [3.8, 4) is 0 Å². The van der Waals surface area contributed by atoms with E-state index < -0.39 is 5.97 Å². The van der Waals surface area contributed by atoms with E-state index in [9.17, 15) is 9.59 Å². The van der Waals surface area contributed by atoms with Gasteiger partial charge in [0.05, 0.1) is 11.9 Å². The number of carboxylic acid groups (broad SMARTS) is 1. The number of para-hydroxylation sites is 1. The van der Waals surface area contributed by atoms with E-state index in [1.54, 1.807) is 12.1 Å². The van der Waals surface area contributed by atoms with E-state index in [1.807, 2.05) is 48.7 Å². The summed E-state index contributed by atoms with van der Waals surface area (Å²) < 4.78 is 0. The zero-order valence-corrected chi connectivity index (χ0v) is 21.9. The third kappa shape index (κ3) is 6.22. The van der Waals surface area contributed by atoms with Gasteiger partial charge in [0, 0.05) is 28.2 Å². The molecular formula is C32H31ClN2O3. The van der Waals surface area contributed by atoms with E-state index in [0.29, 0.717) is 17.4 Å². The number of halogens is 1. The number of nitrogens with zero attached hydrogens (tertiary/aromatic N) is 1. The van der Waals surface area contributed by atoms with Gasteiger partial charge in [-0.15, -0.1) is 0 Å². The summed E-state index contributed by atoms with van der Waals surface area (Å²) in [7, 11) is 0. The van der Waals surface area contributed by atoms with Crippen LogP contribution < -0.4 is 5.32 Å². The van der Waals surface area contributed by atoms with Crippen LogP contribution in [-0.4, -0.2) is 22.0 Å². The van der Waals surface area contributed by atoms with Crippen LogP contribution in [0.15, 0.2) is 85.1 Å². The third-order valence-corrected chi connectivity index (χ3v) is 8.00. The van der Waals surface area contributed by atoms with E-state index in [-0.39, 0.29) is 24.2 Å². The molecule has 3 aromatic carbocycles. The monoisotopic (exact) mass is 526 g/mol. The molecule has 5 rings (SSSR count). The molecule has 1 atom stereocenters. The van der Waals surface area contributed by atoms with Gasteiger partial charge >= 0.3 is 5.97 Å². The van der Waals surface area contributed by atoms with Crippen LogP contribution in [0.4, 0.5) is 5.69 Å². The molecule has 1 fully saturated rings. The first-order valence-corrected chi connectivity index (χ1v) is 13.5. The molecule has 0 radical (unpaired) electrons. The smallest absolute Gasteiger partial charge is 0.307 e. The zero-order valence-electron chi connectivity index (χ0n) is 21.1. The molecule has 1 unspecified atom stereocenters. The number of carbonyl (C=O) groups excluding carboxylic acids is 1. The second-order valence-corrected chi connectivity index (χ2v) is 10.7. The Morgan fingerprint density at radius 1 is 0.895 bits per heavy atom. The predicted octanol–water partition coefficient (Wildman–Crippen LogP) is 7.29. The maximum absolute atomic E-state index is 13.6. The van der Waals surface area contributed by atoms with Crippen molar-refractivity contribution >= 4 is 40.1 Å². The Hall–Kier alpha value is -3.70. The van der Waals surface area contributed by atoms with Crippen LogP contribution in [0.1, 0.15) is 48.3 Å². The summed E-state index contributed by atoms with van der Waals surface area (Å²) in [6.07, 6.45) is 6.50. The minimum atomic E-state index is -0.850. The number of pyridine rings is 1. The normalized spacial score (nSPS) is 18.1. The van der Waals surface area contributed by atoms with Gasteiger partial charge in [-0.2, -0.15) is 0 Å². The first-order chi connectivity index (χ1) is 18.5. The SMILES string of the molecule is O=C(O)Cc1ccc(CC(C(=O)Nc2ccc(Cl)cc2)C2CCC(c3ccnc4ccccc34)CC2)cc1. The maximum atomic E-state index is 13.6. The Morgan fingerprint density at radius 2 is 1.58 bits per heavy atom. The summed E-state index contributed by atoms with van der Waals surface area (Å²) in [4.78, 5) is 29.2. The molecule has 0 spiro atoms. The molecule has 38 heavy (non-hydrogen) atoms. The highest BCUT2D eigenvalue weighted by atomic mass is 35.5. The van der Waals surface area contributed by atoms with E-state index in [0.717, 1.165) is 48.0 Å². The first-order valence-electron chi connectivity index (χ1n) is 13.2. The van der Waals surface area contributed by atoms with Crippen LogP contribution in [0.3, 0.4) is 0 Å². The number of fused-ring (bicyclic) bond motifs is 1. The van der Waals surface area contributed by atoms with Crippen LogP contribution in [0.25, 0.3) is 10.9 Å². The molecule has 1 amide bonds. The lowest BCUT2D eigenvalue weighted by Crippen LogP contribution is -2.33. The summed E-state index contributed by atoms with van der Waals surface area (Å²) in [5.41, 5.74) is 4.91. The van der Waals surface area contributed by atoms with Gasteiger partial charge in [-0.3, -0.25) is 14.6 Å². The molecule has 5 nitrogen and oxygen atoms in total. The van der Waals surface area contributed by atoms with Crippen molar-refractivity contribution in [2.75, 3.05) is 5.32 Å². The summed E-state index contributed by atoms with van der Waals surface area (Å²) in [6, 6.07) is 25.3. The van der Waals surface area contributed by atoms with Crippen molar-refractivity contribution in [1.29, 1.82) is 0 Å². The van der Waals surface area contributed by atoms with Gasteiger partial charge in [0.1, 0.15) is 0 Å². The number of rotatable bonds is 8. The molecular weight excluding hydrogens is 496 g/mol. The van der Waals surface area contributed by atoms with Gasteiger partial charge in [-0.05, 0) is 97.0 Å². The lowest BCUT2D eigenvalue weighted by molar-refractivity contribution is -0.136. The van der Waals surface area contributed by atoms with Crippen molar-refractivity contribution in [2.24, 2.45) is 11.8 Å². The van der Waals surface area contributed by atoms with Gasteiger partial charge < -0.3 is 10.4 Å². The number of carbonyl (C=O) groups is 2. The Kier molecular flexibility index (Phi) is 8.04. The zero-order chi connectivity index (χ0) is 26.5. The number of hydrogen-bond donors (Lipinski definition) is 2. The molecule has 0 aliphatic heterocycles. The molecule has 6 heteroatoms. The molecule has 1 aromatic heterocycles. The number of nitrogens with one attached hydrogen (secondary N) is 1. The molecule has 4 aromatic rings. The largest absolute Gasteiger partial charge is 0.481 e. The number of amides is 1. The van der Waals surface area contributed by atoms with Gasteiger partial charge in [0.2, 0.25) is 5.91 Å². The highest BCUT2D eigenvalue weighted by Gasteiger charge is 2.33. The second-order valence-electron chi connectivity index (χ2n) is 10.2. The standard InChI is InChI=1S/C32H31ClN2O3/c33-25-13-15-26(16-14-25)35-32(38)29(19-21-5-7-22(8-6-21)20-31(36)37)24-11-9-23(10-12-24)27-17-18-34-30-4-2-1-3-28(27)30/h1-8,13-18,23-24,29H,9-12,19-20H2,(H,35,38)(H,36,37). The first kappa shape index (κ1) is 25.9. The number of anilines is 1. The van der Waals surface area contributed by atoms with E-state index in [2.05, 4.69) is 34.6 Å². The van der Waals surface area contributed by atoms with Crippen LogP contribution in [-0.2, 0) is 22.4 Å². The minimum absolute atomic E-state index is 0.00549. The minimum Gasteiger partial charge on any atom is -0.481 e. The fraction of sp³-hybridized carbons (Fsp3) is 0.281. The number of carboxylic acids is 1.